The number of carbonyl (C=O) groups is 1. The summed E-state index contributed by atoms with van der Waals surface area (Å²) in [6, 6.07) is 5.99. The fourth-order valence-corrected chi connectivity index (χ4v) is 4.56. The minimum atomic E-state index is -0.0136. The van der Waals surface area contributed by atoms with Gasteiger partial charge in [-0.15, -0.1) is 10.2 Å². The van der Waals surface area contributed by atoms with Crippen LogP contribution in [-0.4, -0.2) is 27.6 Å². The van der Waals surface area contributed by atoms with Crippen molar-refractivity contribution in [3.8, 4) is 0 Å². The molecule has 0 aliphatic rings. The monoisotopic (exact) mass is 353 g/mol. The Morgan fingerprint density at radius 3 is 2.45 bits per heavy atom. The number of anilines is 1. The number of amides is 1. The summed E-state index contributed by atoms with van der Waals surface area (Å²) >= 11 is 4.70. The van der Waals surface area contributed by atoms with Crippen molar-refractivity contribution < 1.29 is 4.79 Å². The molecule has 0 radical (unpaired) electrons. The fourth-order valence-electron chi connectivity index (χ4n) is 1.82. The molecular formula is C15H19N3OS3. The van der Waals surface area contributed by atoms with Crippen molar-refractivity contribution in [3.05, 3.63) is 29.3 Å². The van der Waals surface area contributed by atoms with Crippen LogP contribution in [0.5, 0.6) is 0 Å². The summed E-state index contributed by atoms with van der Waals surface area (Å²) in [6.07, 6.45) is 1.12. The summed E-state index contributed by atoms with van der Waals surface area (Å²) in [7, 11) is 0. The van der Waals surface area contributed by atoms with Gasteiger partial charge in [0.15, 0.2) is 8.68 Å². The van der Waals surface area contributed by atoms with E-state index in [4.69, 9.17) is 0 Å². The first-order chi connectivity index (χ1) is 10.6. The number of aryl methyl sites for hydroxylation is 2. The first-order valence-electron chi connectivity index (χ1n) is 7.05. The average Bonchev–Trinajstić information content (AvgIpc) is 2.95. The summed E-state index contributed by atoms with van der Waals surface area (Å²) in [6.45, 7) is 6.14. The van der Waals surface area contributed by atoms with Crippen molar-refractivity contribution in [2.24, 2.45) is 0 Å². The Hall–Kier alpha value is -1.05. The first-order valence-corrected chi connectivity index (χ1v) is 9.84. The number of rotatable bonds is 7. The summed E-state index contributed by atoms with van der Waals surface area (Å²) in [4.78, 5) is 12.1. The molecule has 1 aromatic heterocycles. The van der Waals surface area contributed by atoms with Crippen molar-refractivity contribution in [2.75, 3.05) is 16.8 Å². The molecule has 2 aromatic rings. The molecule has 1 heterocycles. The van der Waals surface area contributed by atoms with Crippen molar-refractivity contribution in [3.63, 3.8) is 0 Å². The molecule has 0 saturated heterocycles. The molecule has 22 heavy (non-hydrogen) atoms. The van der Waals surface area contributed by atoms with E-state index < -0.39 is 0 Å². The van der Waals surface area contributed by atoms with Crippen molar-refractivity contribution in [2.45, 2.75) is 35.9 Å². The molecule has 0 aliphatic carbocycles. The molecule has 0 bridgehead atoms. The molecular weight excluding hydrogens is 334 g/mol. The number of carbonyl (C=O) groups excluding carboxylic acids is 1. The summed E-state index contributed by atoms with van der Waals surface area (Å²) < 4.78 is 1.81. The van der Waals surface area contributed by atoms with E-state index in [1.807, 2.05) is 32.0 Å². The molecule has 1 amide bonds. The highest BCUT2D eigenvalue weighted by Gasteiger charge is 2.10. The number of nitrogens with one attached hydrogen (secondary N) is 1. The van der Waals surface area contributed by atoms with Crippen LogP contribution in [0.15, 0.2) is 26.9 Å². The van der Waals surface area contributed by atoms with Crippen LogP contribution in [0.2, 0.25) is 0 Å². The minimum Gasteiger partial charge on any atom is -0.325 e. The zero-order valence-electron chi connectivity index (χ0n) is 12.9. The van der Waals surface area contributed by atoms with Gasteiger partial charge < -0.3 is 5.32 Å². The molecule has 2 rings (SSSR count). The van der Waals surface area contributed by atoms with E-state index in [1.54, 1.807) is 23.1 Å². The van der Waals surface area contributed by atoms with Gasteiger partial charge in [0.2, 0.25) is 5.91 Å². The highest BCUT2D eigenvalue weighted by Crippen LogP contribution is 2.29. The van der Waals surface area contributed by atoms with Gasteiger partial charge in [0, 0.05) is 11.4 Å². The molecule has 0 unspecified atom stereocenters. The predicted octanol–water partition coefficient (Wildman–Crippen LogP) is 4.39. The maximum atomic E-state index is 12.1. The van der Waals surface area contributed by atoms with Crippen LogP contribution in [0.25, 0.3) is 0 Å². The van der Waals surface area contributed by atoms with Gasteiger partial charge in [-0.3, -0.25) is 4.79 Å². The number of hydrogen-bond donors (Lipinski definition) is 1. The van der Waals surface area contributed by atoms with Gasteiger partial charge in [-0.05, 0) is 31.4 Å². The molecule has 1 aromatic carbocycles. The molecule has 0 fully saturated rings. The number of benzene rings is 1. The third kappa shape index (κ3) is 5.00. The molecule has 0 atom stereocenters. The lowest BCUT2D eigenvalue weighted by molar-refractivity contribution is -0.113. The average molecular weight is 354 g/mol. The molecule has 0 saturated carbocycles. The Morgan fingerprint density at radius 1 is 1.18 bits per heavy atom. The highest BCUT2D eigenvalue weighted by atomic mass is 32.2. The van der Waals surface area contributed by atoms with E-state index in [0.717, 1.165) is 37.7 Å². The van der Waals surface area contributed by atoms with E-state index in [2.05, 4.69) is 22.4 Å². The summed E-state index contributed by atoms with van der Waals surface area (Å²) in [5.74, 6) is 1.38. The minimum absolute atomic E-state index is 0.0136. The van der Waals surface area contributed by atoms with Crippen molar-refractivity contribution >= 4 is 46.5 Å². The van der Waals surface area contributed by atoms with E-state index in [1.165, 1.54) is 11.8 Å². The third-order valence-corrected chi connectivity index (χ3v) is 6.29. The van der Waals surface area contributed by atoms with Crippen LogP contribution < -0.4 is 5.32 Å². The standard InChI is InChI=1S/C15H19N3OS3/c1-4-8-20-14-17-18-15(22-14)21-9-12(19)16-13-10(2)6-5-7-11(13)3/h5-7H,4,8-9H2,1-3H3,(H,16,19). The first kappa shape index (κ1) is 17.3. The van der Waals surface area contributed by atoms with Crippen molar-refractivity contribution in [1.29, 1.82) is 0 Å². The molecule has 7 heteroatoms. The lowest BCUT2D eigenvalue weighted by Gasteiger charge is -2.10. The summed E-state index contributed by atoms with van der Waals surface area (Å²) in [5.41, 5.74) is 3.06. The van der Waals surface area contributed by atoms with Gasteiger partial charge in [0.25, 0.3) is 0 Å². The molecule has 0 spiro atoms. The van der Waals surface area contributed by atoms with Gasteiger partial charge in [0.1, 0.15) is 0 Å². The Labute approximate surface area is 143 Å². The molecule has 4 nitrogen and oxygen atoms in total. The quantitative estimate of drug-likeness (QED) is 0.748. The smallest absolute Gasteiger partial charge is 0.234 e. The van der Waals surface area contributed by atoms with Crippen LogP contribution in [-0.2, 0) is 4.79 Å². The lowest BCUT2D eigenvalue weighted by atomic mass is 10.1. The predicted molar refractivity (Wildman–Crippen MR) is 96.2 cm³/mol. The van der Waals surface area contributed by atoms with Crippen LogP contribution in [0.4, 0.5) is 5.69 Å². The maximum absolute atomic E-state index is 12.1. The van der Waals surface area contributed by atoms with E-state index in [9.17, 15) is 4.79 Å². The second kappa shape index (κ2) is 8.55. The largest absolute Gasteiger partial charge is 0.325 e. The Balaban J connectivity index is 1.86. The van der Waals surface area contributed by atoms with Crippen LogP contribution in [0, 0.1) is 13.8 Å². The van der Waals surface area contributed by atoms with Gasteiger partial charge in [-0.25, -0.2) is 0 Å². The van der Waals surface area contributed by atoms with Crippen LogP contribution in [0.1, 0.15) is 24.5 Å². The third-order valence-electron chi connectivity index (χ3n) is 2.89. The normalized spacial score (nSPS) is 10.7. The van der Waals surface area contributed by atoms with Gasteiger partial charge >= 0.3 is 0 Å². The van der Waals surface area contributed by atoms with Gasteiger partial charge in [-0.2, -0.15) is 0 Å². The number of thioether (sulfide) groups is 2. The van der Waals surface area contributed by atoms with Crippen LogP contribution >= 0.6 is 34.9 Å². The molecule has 1 N–H and O–H groups in total. The number of nitrogens with zero attached hydrogens (tertiary/aromatic N) is 2. The van der Waals surface area contributed by atoms with E-state index in [-0.39, 0.29) is 5.91 Å². The SMILES string of the molecule is CCCSc1nnc(SCC(=O)Nc2c(C)cccc2C)s1. The van der Waals surface area contributed by atoms with E-state index >= 15 is 0 Å². The van der Waals surface area contributed by atoms with Crippen molar-refractivity contribution in [1.82, 2.24) is 10.2 Å². The second-order valence-electron chi connectivity index (χ2n) is 4.79. The molecule has 0 aliphatic heterocycles. The summed E-state index contributed by atoms with van der Waals surface area (Å²) in [5, 5.41) is 11.2. The fraction of sp³-hybridized carbons (Fsp3) is 0.400. The van der Waals surface area contributed by atoms with Crippen LogP contribution in [0.3, 0.4) is 0 Å². The second-order valence-corrected chi connectivity index (χ2v) is 8.33. The van der Waals surface area contributed by atoms with Gasteiger partial charge in [-0.1, -0.05) is 60.0 Å². The van der Waals surface area contributed by atoms with E-state index in [0.29, 0.717) is 5.75 Å². The highest BCUT2D eigenvalue weighted by molar-refractivity contribution is 8.03. The van der Waals surface area contributed by atoms with Gasteiger partial charge in [0.05, 0.1) is 5.75 Å². The Kier molecular flexibility index (Phi) is 6.72. The zero-order chi connectivity index (χ0) is 15.9. The zero-order valence-corrected chi connectivity index (χ0v) is 15.3. The Bertz CT molecular complexity index is 622. The maximum Gasteiger partial charge on any atom is 0.234 e. The number of aromatic nitrogens is 2. The lowest BCUT2D eigenvalue weighted by Crippen LogP contribution is -2.15. The number of hydrogen-bond acceptors (Lipinski definition) is 6. The number of para-hydroxylation sites is 1. The topological polar surface area (TPSA) is 54.9 Å². The Morgan fingerprint density at radius 2 is 1.82 bits per heavy atom. The molecule has 118 valence electrons.